The Morgan fingerprint density at radius 1 is 0.529 bits per heavy atom. The SMILES string of the molecule is CC1CC1([PH](c1ccccc1)(C(C)(C)C)C(C)(C)C)[PH](c1ccccc1)(C(C)(C)C)C(C)(C)C. The minimum atomic E-state index is -2.23. The van der Waals surface area contributed by atoms with E-state index in [2.05, 4.69) is 151 Å². The van der Waals surface area contributed by atoms with Gasteiger partial charge in [-0.15, -0.1) is 0 Å². The van der Waals surface area contributed by atoms with Crippen molar-refractivity contribution in [2.24, 2.45) is 5.92 Å². The third-order valence-electron chi connectivity index (χ3n) is 9.56. The summed E-state index contributed by atoms with van der Waals surface area (Å²) >= 11 is 0. The molecule has 1 fully saturated rings. The van der Waals surface area contributed by atoms with Crippen LogP contribution in [0.5, 0.6) is 0 Å². The van der Waals surface area contributed by atoms with Crippen LogP contribution in [0.15, 0.2) is 60.7 Å². The summed E-state index contributed by atoms with van der Waals surface area (Å²) in [4.78, 5) is 0.357. The van der Waals surface area contributed by atoms with Crippen LogP contribution >= 0.6 is 14.5 Å². The topological polar surface area (TPSA) is 0 Å². The second kappa shape index (κ2) is 8.42. The molecule has 0 saturated heterocycles. The van der Waals surface area contributed by atoms with Crippen molar-refractivity contribution in [2.75, 3.05) is 0 Å². The number of rotatable bonds is 4. The van der Waals surface area contributed by atoms with Gasteiger partial charge in [-0.1, -0.05) is 0 Å². The van der Waals surface area contributed by atoms with E-state index in [1.807, 2.05) is 0 Å². The average Bonchev–Trinajstić information content (AvgIpc) is 3.30. The first-order valence-corrected chi connectivity index (χ1v) is 17.4. The second-order valence-corrected chi connectivity index (χ2v) is 27.7. The predicted octanol–water partition coefficient (Wildman–Crippen LogP) is 9.07. The molecule has 0 heterocycles. The maximum atomic E-state index is 2.62. The molecule has 1 aliphatic carbocycles. The van der Waals surface area contributed by atoms with E-state index in [1.165, 1.54) is 6.42 Å². The van der Waals surface area contributed by atoms with Crippen LogP contribution in [0, 0.1) is 5.92 Å². The second-order valence-electron chi connectivity index (χ2n) is 15.3. The third-order valence-corrected chi connectivity index (χ3v) is 27.3. The standard InChI is InChI=1S/C32H54P2/c1-25-24-32(25,33(28(2,3)4,29(5,6)7)26-20-16-14-17-21-26)34(30(8,9)10,31(11,12)13)27-22-18-15-19-23-27/h14-23,25,33-34H,24H2,1-13H3. The molecule has 1 saturated carbocycles. The van der Waals surface area contributed by atoms with Crippen molar-refractivity contribution in [3.63, 3.8) is 0 Å². The normalized spacial score (nSPS) is 23.5. The van der Waals surface area contributed by atoms with Gasteiger partial charge in [-0.2, -0.15) is 0 Å². The van der Waals surface area contributed by atoms with Gasteiger partial charge in [-0.25, -0.2) is 0 Å². The molecule has 2 heteroatoms. The Kier molecular flexibility index (Phi) is 6.91. The third kappa shape index (κ3) is 3.52. The summed E-state index contributed by atoms with van der Waals surface area (Å²) in [5, 5.41) is 4.25. The van der Waals surface area contributed by atoms with Crippen LogP contribution in [0.1, 0.15) is 96.4 Å². The van der Waals surface area contributed by atoms with Gasteiger partial charge in [0, 0.05) is 0 Å². The van der Waals surface area contributed by atoms with Crippen LogP contribution in [-0.4, -0.2) is 25.5 Å². The Morgan fingerprint density at radius 3 is 0.941 bits per heavy atom. The summed E-state index contributed by atoms with van der Waals surface area (Å²) in [6, 6.07) is 23.8. The van der Waals surface area contributed by atoms with Crippen molar-refractivity contribution in [3.8, 4) is 0 Å². The van der Waals surface area contributed by atoms with Crippen molar-refractivity contribution >= 4 is 25.1 Å². The Bertz CT molecular complexity index is 872. The van der Waals surface area contributed by atoms with Gasteiger partial charge in [-0.3, -0.25) is 0 Å². The molecular formula is C32H54P2. The summed E-state index contributed by atoms with van der Waals surface area (Å²) < 4.78 is 0. The van der Waals surface area contributed by atoms with Crippen molar-refractivity contribution in [3.05, 3.63) is 60.7 Å². The fourth-order valence-corrected chi connectivity index (χ4v) is 36.4. The van der Waals surface area contributed by atoms with E-state index in [0.717, 1.165) is 5.92 Å². The predicted molar refractivity (Wildman–Crippen MR) is 164 cm³/mol. The molecular weight excluding hydrogens is 446 g/mol. The molecule has 0 spiro atoms. The minimum absolute atomic E-state index is 0.223. The van der Waals surface area contributed by atoms with E-state index in [0.29, 0.717) is 4.90 Å². The molecule has 0 amide bonds. The van der Waals surface area contributed by atoms with Gasteiger partial charge in [0.2, 0.25) is 0 Å². The van der Waals surface area contributed by atoms with E-state index in [1.54, 1.807) is 10.6 Å². The first-order valence-electron chi connectivity index (χ1n) is 13.4. The van der Waals surface area contributed by atoms with Gasteiger partial charge in [0.25, 0.3) is 0 Å². The van der Waals surface area contributed by atoms with Crippen molar-refractivity contribution < 1.29 is 0 Å². The Hall–Kier alpha value is -0.700. The molecule has 0 radical (unpaired) electrons. The van der Waals surface area contributed by atoms with Crippen LogP contribution in [-0.2, 0) is 0 Å². The van der Waals surface area contributed by atoms with Crippen LogP contribution in [0.2, 0.25) is 0 Å². The molecule has 1 atom stereocenters. The van der Waals surface area contributed by atoms with Crippen molar-refractivity contribution in [1.29, 1.82) is 0 Å². The molecule has 1 aliphatic rings. The van der Waals surface area contributed by atoms with Crippen molar-refractivity contribution in [2.45, 2.75) is 122 Å². The Balaban J connectivity index is 2.67. The van der Waals surface area contributed by atoms with E-state index in [4.69, 9.17) is 0 Å². The van der Waals surface area contributed by atoms with Gasteiger partial charge >= 0.3 is 214 Å². The van der Waals surface area contributed by atoms with Gasteiger partial charge in [0.05, 0.1) is 0 Å². The fraction of sp³-hybridized carbons (Fsp3) is 0.625. The van der Waals surface area contributed by atoms with E-state index < -0.39 is 14.5 Å². The fourth-order valence-electron chi connectivity index (χ4n) is 10.3. The summed E-state index contributed by atoms with van der Waals surface area (Å²) in [7, 11) is -4.46. The van der Waals surface area contributed by atoms with Crippen LogP contribution in [0.25, 0.3) is 0 Å². The molecule has 0 N–H and O–H groups in total. The maximum absolute atomic E-state index is 2.62. The van der Waals surface area contributed by atoms with Gasteiger partial charge in [-0.05, 0) is 0 Å². The monoisotopic (exact) mass is 500 g/mol. The van der Waals surface area contributed by atoms with E-state index >= 15 is 0 Å². The Labute approximate surface area is 213 Å². The first kappa shape index (κ1) is 27.9. The van der Waals surface area contributed by atoms with Gasteiger partial charge in [0.15, 0.2) is 0 Å². The van der Waals surface area contributed by atoms with Crippen LogP contribution < -0.4 is 10.6 Å². The zero-order valence-corrected chi connectivity index (χ0v) is 26.6. The van der Waals surface area contributed by atoms with Crippen LogP contribution in [0.3, 0.4) is 0 Å². The number of hydrogen-bond donors (Lipinski definition) is 0. The molecule has 0 nitrogen and oxygen atoms in total. The quantitative estimate of drug-likeness (QED) is 0.367. The molecule has 1 unspecified atom stereocenters. The van der Waals surface area contributed by atoms with Gasteiger partial charge < -0.3 is 0 Å². The molecule has 34 heavy (non-hydrogen) atoms. The molecule has 3 rings (SSSR count). The molecule has 2 aromatic rings. The number of hydrogen-bond acceptors (Lipinski definition) is 0. The Morgan fingerprint density at radius 2 is 0.765 bits per heavy atom. The average molecular weight is 501 g/mol. The summed E-state index contributed by atoms with van der Waals surface area (Å²) in [6.07, 6.45) is 1.37. The zero-order valence-electron chi connectivity index (χ0n) is 24.6. The van der Waals surface area contributed by atoms with Crippen molar-refractivity contribution in [1.82, 2.24) is 0 Å². The molecule has 0 aliphatic heterocycles. The molecule has 192 valence electrons. The van der Waals surface area contributed by atoms with E-state index in [-0.39, 0.29) is 20.6 Å². The molecule has 2 aromatic carbocycles. The first-order chi connectivity index (χ1) is 15.3. The van der Waals surface area contributed by atoms with Crippen LogP contribution in [0.4, 0.5) is 0 Å². The molecule has 0 bridgehead atoms. The summed E-state index contributed by atoms with van der Waals surface area (Å²) in [5.74, 6) is 0.739. The summed E-state index contributed by atoms with van der Waals surface area (Å²) in [6.45, 7) is 33.8. The number of benzene rings is 2. The van der Waals surface area contributed by atoms with E-state index in [9.17, 15) is 0 Å². The summed E-state index contributed by atoms with van der Waals surface area (Å²) in [5.41, 5.74) is 0. The molecule has 0 aromatic heterocycles. The van der Waals surface area contributed by atoms with Gasteiger partial charge in [0.1, 0.15) is 0 Å². The zero-order chi connectivity index (χ0) is 26.0.